The summed E-state index contributed by atoms with van der Waals surface area (Å²) in [6, 6.07) is 3.67. The average Bonchev–Trinajstić information content (AvgIpc) is 3.20. The van der Waals surface area contributed by atoms with Gasteiger partial charge in [-0.2, -0.15) is 5.10 Å². The zero-order chi connectivity index (χ0) is 20.7. The lowest BCUT2D eigenvalue weighted by Crippen LogP contribution is -2.53. The molecule has 0 spiro atoms. The molecule has 3 heterocycles. The minimum absolute atomic E-state index is 0.207. The number of aromatic nitrogens is 4. The van der Waals surface area contributed by atoms with E-state index in [0.29, 0.717) is 24.6 Å². The second kappa shape index (κ2) is 9.34. The summed E-state index contributed by atoms with van der Waals surface area (Å²) in [7, 11) is -3.13. The Bertz CT molecular complexity index is 885. The average molecular weight is 423 g/mol. The normalized spacial score (nSPS) is 16.8. The number of carbonyl (C=O) groups is 1. The summed E-state index contributed by atoms with van der Waals surface area (Å²) < 4.78 is 29.9. The number of carboxylic acid groups (broad SMARTS) is 1. The standard InChI is InChI=1S/C19H26N4O5S/c24-18(25)19(12-29(26,27)13-19)9-5-3-1-2-4-6-10-28-16-7-8-17(21-11-16)23-15-20-14-22-23/h7-8,11,14-15H,1-6,9-10,12-13H2,(H,24,25). The van der Waals surface area contributed by atoms with E-state index in [2.05, 4.69) is 15.1 Å². The Morgan fingerprint density at radius 3 is 2.45 bits per heavy atom. The number of unbranched alkanes of at least 4 members (excludes halogenated alkanes) is 5. The Morgan fingerprint density at radius 2 is 1.86 bits per heavy atom. The highest BCUT2D eigenvalue weighted by Crippen LogP contribution is 2.38. The van der Waals surface area contributed by atoms with Crippen LogP contribution < -0.4 is 4.74 Å². The summed E-state index contributed by atoms with van der Waals surface area (Å²) in [6.07, 6.45) is 10.8. The lowest BCUT2D eigenvalue weighted by molar-refractivity contribution is -0.147. The van der Waals surface area contributed by atoms with Crippen LogP contribution in [0.15, 0.2) is 31.0 Å². The van der Waals surface area contributed by atoms with Crippen LogP contribution in [0.25, 0.3) is 5.82 Å². The van der Waals surface area contributed by atoms with Crippen molar-refractivity contribution in [2.24, 2.45) is 5.41 Å². The summed E-state index contributed by atoms with van der Waals surface area (Å²) >= 11 is 0. The molecule has 0 atom stereocenters. The molecule has 1 aliphatic rings. The van der Waals surface area contributed by atoms with Crippen LogP contribution in [0.2, 0.25) is 0 Å². The van der Waals surface area contributed by atoms with Crippen LogP contribution in [-0.2, 0) is 14.6 Å². The highest BCUT2D eigenvalue weighted by atomic mass is 32.2. The van der Waals surface area contributed by atoms with Gasteiger partial charge in [-0.15, -0.1) is 0 Å². The molecular weight excluding hydrogens is 396 g/mol. The maximum atomic E-state index is 11.3. The molecule has 0 saturated carbocycles. The molecule has 0 unspecified atom stereocenters. The second-order valence-corrected chi connectivity index (χ2v) is 9.59. The summed E-state index contributed by atoms with van der Waals surface area (Å²) in [5.74, 6) is -0.00141. The third-order valence-corrected chi connectivity index (χ3v) is 7.12. The van der Waals surface area contributed by atoms with Gasteiger partial charge < -0.3 is 9.84 Å². The van der Waals surface area contributed by atoms with E-state index in [-0.39, 0.29) is 11.5 Å². The van der Waals surface area contributed by atoms with Crippen molar-refractivity contribution in [2.75, 3.05) is 18.1 Å². The first kappa shape index (κ1) is 21.2. The van der Waals surface area contributed by atoms with Crippen molar-refractivity contribution >= 4 is 15.8 Å². The predicted octanol–water partition coefficient (Wildman–Crippen LogP) is 2.27. The number of ether oxygens (including phenoxy) is 1. The fraction of sp³-hybridized carbons (Fsp3) is 0.579. The van der Waals surface area contributed by atoms with Crippen LogP contribution in [0, 0.1) is 5.41 Å². The fourth-order valence-corrected chi connectivity index (χ4v) is 5.69. The molecule has 2 aromatic heterocycles. The summed E-state index contributed by atoms with van der Waals surface area (Å²) in [5, 5.41) is 13.3. The molecule has 9 nitrogen and oxygen atoms in total. The smallest absolute Gasteiger partial charge is 0.311 e. The van der Waals surface area contributed by atoms with Gasteiger partial charge in [0, 0.05) is 0 Å². The van der Waals surface area contributed by atoms with Gasteiger partial charge in [0.15, 0.2) is 15.7 Å². The Morgan fingerprint density at radius 1 is 1.14 bits per heavy atom. The van der Waals surface area contributed by atoms with E-state index < -0.39 is 21.2 Å². The van der Waals surface area contributed by atoms with Crippen molar-refractivity contribution in [3.8, 4) is 11.6 Å². The predicted molar refractivity (Wildman–Crippen MR) is 106 cm³/mol. The van der Waals surface area contributed by atoms with Gasteiger partial charge in [-0.25, -0.2) is 23.1 Å². The first-order valence-corrected chi connectivity index (χ1v) is 11.6. The fourth-order valence-electron chi connectivity index (χ4n) is 3.56. The Hall–Kier alpha value is -2.49. The van der Waals surface area contributed by atoms with E-state index in [1.54, 1.807) is 17.2 Å². The highest BCUT2D eigenvalue weighted by molar-refractivity contribution is 7.93. The van der Waals surface area contributed by atoms with Gasteiger partial charge in [0.2, 0.25) is 0 Å². The van der Waals surface area contributed by atoms with Crippen molar-refractivity contribution in [1.82, 2.24) is 19.7 Å². The quantitative estimate of drug-likeness (QED) is 0.517. The minimum atomic E-state index is -3.13. The monoisotopic (exact) mass is 422 g/mol. The molecule has 29 heavy (non-hydrogen) atoms. The lowest BCUT2D eigenvalue weighted by atomic mass is 9.85. The van der Waals surface area contributed by atoms with Crippen LogP contribution >= 0.6 is 0 Å². The van der Waals surface area contributed by atoms with E-state index in [9.17, 15) is 18.3 Å². The van der Waals surface area contributed by atoms with Crippen molar-refractivity contribution < 1.29 is 23.1 Å². The maximum Gasteiger partial charge on any atom is 0.311 e. The van der Waals surface area contributed by atoms with Gasteiger partial charge in [-0.1, -0.05) is 32.1 Å². The number of hydrogen-bond acceptors (Lipinski definition) is 7. The zero-order valence-corrected chi connectivity index (χ0v) is 17.1. The first-order chi connectivity index (χ1) is 13.9. The minimum Gasteiger partial charge on any atom is -0.492 e. The van der Waals surface area contributed by atoms with Crippen LogP contribution in [-0.4, -0.2) is 57.4 Å². The van der Waals surface area contributed by atoms with Crippen LogP contribution in [0.5, 0.6) is 5.75 Å². The van der Waals surface area contributed by atoms with E-state index >= 15 is 0 Å². The van der Waals surface area contributed by atoms with Gasteiger partial charge in [-0.3, -0.25) is 4.79 Å². The van der Waals surface area contributed by atoms with Crippen LogP contribution in [0.1, 0.15) is 44.9 Å². The SMILES string of the molecule is O=C(O)C1(CCCCCCCCOc2ccc(-n3cncn3)nc2)CS(=O)(=O)C1. The Kier molecular flexibility index (Phi) is 6.83. The summed E-state index contributed by atoms with van der Waals surface area (Å²) in [4.78, 5) is 19.5. The molecule has 10 heteroatoms. The molecular formula is C19H26N4O5S. The third kappa shape index (κ3) is 5.75. The summed E-state index contributed by atoms with van der Waals surface area (Å²) in [5.41, 5.74) is -1.04. The van der Waals surface area contributed by atoms with E-state index in [0.717, 1.165) is 38.5 Å². The number of nitrogens with zero attached hydrogens (tertiary/aromatic N) is 4. The zero-order valence-electron chi connectivity index (χ0n) is 16.2. The van der Waals surface area contributed by atoms with Gasteiger partial charge in [0.25, 0.3) is 0 Å². The molecule has 1 N–H and O–H groups in total. The number of carboxylic acids is 1. The van der Waals surface area contributed by atoms with Crippen LogP contribution in [0.4, 0.5) is 0 Å². The first-order valence-electron chi connectivity index (χ1n) is 9.78. The topological polar surface area (TPSA) is 124 Å². The molecule has 0 aliphatic carbocycles. The molecule has 0 radical (unpaired) electrons. The molecule has 158 valence electrons. The second-order valence-electron chi connectivity index (χ2n) is 7.53. The Balaban J connectivity index is 1.23. The van der Waals surface area contributed by atoms with E-state index in [1.807, 2.05) is 12.1 Å². The van der Waals surface area contributed by atoms with Crippen molar-refractivity contribution in [1.29, 1.82) is 0 Å². The van der Waals surface area contributed by atoms with Crippen molar-refractivity contribution in [2.45, 2.75) is 44.9 Å². The largest absolute Gasteiger partial charge is 0.492 e. The molecule has 0 bridgehead atoms. The van der Waals surface area contributed by atoms with E-state index in [4.69, 9.17) is 4.74 Å². The van der Waals surface area contributed by atoms with Crippen molar-refractivity contribution in [3.63, 3.8) is 0 Å². The third-order valence-electron chi connectivity index (χ3n) is 5.14. The molecule has 2 aromatic rings. The van der Waals surface area contributed by atoms with Gasteiger partial charge in [0.1, 0.15) is 18.4 Å². The number of rotatable bonds is 12. The number of pyridine rings is 1. The molecule has 3 rings (SSSR count). The van der Waals surface area contributed by atoms with Crippen molar-refractivity contribution in [3.05, 3.63) is 31.0 Å². The van der Waals surface area contributed by atoms with Gasteiger partial charge in [0.05, 0.1) is 29.7 Å². The molecule has 0 aromatic carbocycles. The van der Waals surface area contributed by atoms with E-state index in [1.165, 1.54) is 6.33 Å². The van der Waals surface area contributed by atoms with Crippen LogP contribution in [0.3, 0.4) is 0 Å². The molecule has 0 amide bonds. The summed E-state index contributed by atoms with van der Waals surface area (Å²) in [6.45, 7) is 0.615. The number of sulfone groups is 1. The molecule has 1 saturated heterocycles. The number of aliphatic carboxylic acids is 1. The molecule has 1 fully saturated rings. The van der Waals surface area contributed by atoms with Gasteiger partial charge in [-0.05, 0) is 25.0 Å². The highest BCUT2D eigenvalue weighted by Gasteiger charge is 2.53. The van der Waals surface area contributed by atoms with Gasteiger partial charge >= 0.3 is 5.97 Å². The number of hydrogen-bond donors (Lipinski definition) is 1. The molecule has 1 aliphatic heterocycles. The lowest BCUT2D eigenvalue weighted by Gasteiger charge is -2.37. The maximum absolute atomic E-state index is 11.3. The Labute approximate surface area is 170 Å².